The highest BCUT2D eigenvalue weighted by molar-refractivity contribution is 7.98. The Morgan fingerprint density at radius 1 is 1.58 bits per heavy atom. The maximum atomic E-state index is 12.9. The molecule has 0 unspecified atom stereocenters. The van der Waals surface area contributed by atoms with Crippen LogP contribution in [0.1, 0.15) is 10.4 Å². The van der Waals surface area contributed by atoms with E-state index < -0.39 is 11.8 Å². The molecule has 0 aliphatic rings. The number of hydrogen-bond acceptors (Lipinski definition) is 2. The van der Waals surface area contributed by atoms with Crippen molar-refractivity contribution in [3.05, 3.63) is 29.6 Å². The molecule has 64 valence electrons. The molecule has 1 aromatic rings. The molecule has 0 saturated heterocycles. The van der Waals surface area contributed by atoms with Gasteiger partial charge >= 0.3 is 5.97 Å². The van der Waals surface area contributed by atoms with Crippen LogP contribution in [0, 0.1) is 5.82 Å². The van der Waals surface area contributed by atoms with E-state index in [0.717, 1.165) is 6.07 Å². The zero-order chi connectivity index (χ0) is 9.14. The van der Waals surface area contributed by atoms with Gasteiger partial charge in [0.25, 0.3) is 0 Å². The number of halogens is 1. The Morgan fingerprint density at radius 2 is 2.25 bits per heavy atom. The van der Waals surface area contributed by atoms with E-state index in [2.05, 4.69) is 0 Å². The van der Waals surface area contributed by atoms with Gasteiger partial charge in [-0.15, -0.1) is 11.8 Å². The number of rotatable bonds is 2. The third kappa shape index (κ3) is 1.58. The monoisotopic (exact) mass is 186 g/mol. The molecule has 0 heterocycles. The van der Waals surface area contributed by atoms with Crippen LogP contribution in [0.3, 0.4) is 0 Å². The highest BCUT2D eigenvalue weighted by Crippen LogP contribution is 2.22. The first-order valence-electron chi connectivity index (χ1n) is 3.22. The van der Waals surface area contributed by atoms with Crippen LogP contribution in [0.25, 0.3) is 0 Å². The Kier molecular flexibility index (Phi) is 2.70. The Hall–Kier alpha value is -1.03. The van der Waals surface area contributed by atoms with Crippen molar-refractivity contribution in [2.75, 3.05) is 6.26 Å². The van der Waals surface area contributed by atoms with E-state index in [9.17, 15) is 9.18 Å². The summed E-state index contributed by atoms with van der Waals surface area (Å²) < 4.78 is 12.9. The van der Waals surface area contributed by atoms with Crippen LogP contribution < -0.4 is 0 Å². The number of benzene rings is 1. The van der Waals surface area contributed by atoms with Gasteiger partial charge in [0.05, 0.1) is 0 Å². The third-order valence-corrected chi connectivity index (χ3v) is 2.19. The minimum absolute atomic E-state index is 0.245. The summed E-state index contributed by atoms with van der Waals surface area (Å²) in [6.07, 6.45) is 1.71. The lowest BCUT2D eigenvalue weighted by molar-refractivity contribution is 0.0688. The van der Waals surface area contributed by atoms with Gasteiger partial charge in [-0.25, -0.2) is 9.18 Å². The zero-order valence-corrected chi connectivity index (χ0v) is 7.19. The van der Waals surface area contributed by atoms with Crippen molar-refractivity contribution in [1.29, 1.82) is 0 Å². The van der Waals surface area contributed by atoms with Crippen LogP contribution in [0.2, 0.25) is 0 Å². The van der Waals surface area contributed by atoms with Crippen molar-refractivity contribution in [3.8, 4) is 0 Å². The number of aromatic carboxylic acids is 1. The second-order valence-electron chi connectivity index (χ2n) is 2.12. The topological polar surface area (TPSA) is 37.3 Å². The van der Waals surface area contributed by atoms with Crippen molar-refractivity contribution >= 4 is 17.7 Å². The SMILES string of the molecule is CSc1cccc(F)c1C(=O)O. The standard InChI is InChI=1S/C8H7FO2S/c1-12-6-4-2-3-5(9)7(6)8(10)11/h2-4H,1H3,(H,10,11). The molecular formula is C8H7FO2S. The molecule has 1 rings (SSSR count). The molecular weight excluding hydrogens is 179 g/mol. The number of carboxylic acids is 1. The van der Waals surface area contributed by atoms with Crippen molar-refractivity contribution in [1.82, 2.24) is 0 Å². The highest BCUT2D eigenvalue weighted by Gasteiger charge is 2.14. The summed E-state index contributed by atoms with van der Waals surface area (Å²) >= 11 is 1.22. The van der Waals surface area contributed by atoms with E-state index in [0.29, 0.717) is 4.90 Å². The predicted octanol–water partition coefficient (Wildman–Crippen LogP) is 2.25. The summed E-state index contributed by atoms with van der Waals surface area (Å²) in [5.74, 6) is -1.91. The third-order valence-electron chi connectivity index (χ3n) is 1.41. The number of hydrogen-bond donors (Lipinski definition) is 1. The minimum Gasteiger partial charge on any atom is -0.478 e. The van der Waals surface area contributed by atoms with Crippen LogP contribution in [0.15, 0.2) is 23.1 Å². The lowest BCUT2D eigenvalue weighted by Gasteiger charge is -2.02. The molecule has 0 aliphatic heterocycles. The molecule has 0 saturated carbocycles. The van der Waals surface area contributed by atoms with E-state index in [1.54, 1.807) is 12.3 Å². The van der Waals surface area contributed by atoms with E-state index >= 15 is 0 Å². The van der Waals surface area contributed by atoms with Crippen molar-refractivity contribution < 1.29 is 14.3 Å². The fourth-order valence-electron chi connectivity index (χ4n) is 0.882. The largest absolute Gasteiger partial charge is 0.478 e. The van der Waals surface area contributed by atoms with Crippen LogP contribution >= 0.6 is 11.8 Å². The summed E-state index contributed by atoms with van der Waals surface area (Å²) in [4.78, 5) is 11.0. The van der Waals surface area contributed by atoms with Crippen LogP contribution in [-0.4, -0.2) is 17.3 Å². The van der Waals surface area contributed by atoms with Gasteiger partial charge in [-0.05, 0) is 18.4 Å². The fourth-order valence-corrected chi connectivity index (χ4v) is 1.49. The number of carboxylic acid groups (broad SMARTS) is 1. The fraction of sp³-hybridized carbons (Fsp3) is 0.125. The molecule has 0 bridgehead atoms. The second-order valence-corrected chi connectivity index (χ2v) is 2.97. The maximum Gasteiger partial charge on any atom is 0.339 e. The first kappa shape index (κ1) is 9.06. The van der Waals surface area contributed by atoms with E-state index in [-0.39, 0.29) is 5.56 Å². The van der Waals surface area contributed by atoms with Gasteiger partial charge in [0.2, 0.25) is 0 Å². The molecule has 0 amide bonds. The van der Waals surface area contributed by atoms with E-state index in [4.69, 9.17) is 5.11 Å². The molecule has 12 heavy (non-hydrogen) atoms. The van der Waals surface area contributed by atoms with Gasteiger partial charge in [0.1, 0.15) is 11.4 Å². The zero-order valence-electron chi connectivity index (χ0n) is 6.37. The van der Waals surface area contributed by atoms with Crippen molar-refractivity contribution in [3.63, 3.8) is 0 Å². The van der Waals surface area contributed by atoms with Gasteiger partial charge in [-0.3, -0.25) is 0 Å². The smallest absolute Gasteiger partial charge is 0.339 e. The van der Waals surface area contributed by atoms with Gasteiger partial charge in [-0.1, -0.05) is 6.07 Å². The van der Waals surface area contributed by atoms with E-state index in [1.807, 2.05) is 0 Å². The first-order valence-corrected chi connectivity index (χ1v) is 4.45. The molecule has 0 aliphatic carbocycles. The molecule has 0 radical (unpaired) electrons. The van der Waals surface area contributed by atoms with Crippen LogP contribution in [0.4, 0.5) is 4.39 Å². The average molecular weight is 186 g/mol. The molecule has 0 spiro atoms. The molecule has 0 fully saturated rings. The summed E-state index contributed by atoms with van der Waals surface area (Å²) in [6, 6.07) is 4.22. The van der Waals surface area contributed by atoms with Crippen molar-refractivity contribution in [2.45, 2.75) is 4.90 Å². The number of thioether (sulfide) groups is 1. The van der Waals surface area contributed by atoms with E-state index in [1.165, 1.54) is 17.8 Å². The predicted molar refractivity (Wildman–Crippen MR) is 45.1 cm³/mol. The molecule has 0 atom stereocenters. The molecule has 1 N–H and O–H groups in total. The van der Waals surface area contributed by atoms with Gasteiger partial charge in [-0.2, -0.15) is 0 Å². The molecule has 0 aromatic heterocycles. The second kappa shape index (κ2) is 3.58. The summed E-state index contributed by atoms with van der Waals surface area (Å²) in [5.41, 5.74) is -0.245. The summed E-state index contributed by atoms with van der Waals surface area (Å²) in [7, 11) is 0. The Morgan fingerprint density at radius 3 is 2.67 bits per heavy atom. The Balaban J connectivity index is 3.29. The normalized spacial score (nSPS) is 9.83. The average Bonchev–Trinajstić information content (AvgIpc) is 2.03. The lowest BCUT2D eigenvalue weighted by Crippen LogP contribution is -2.02. The van der Waals surface area contributed by atoms with Gasteiger partial charge in [0.15, 0.2) is 0 Å². The van der Waals surface area contributed by atoms with Gasteiger partial charge in [0, 0.05) is 4.90 Å². The van der Waals surface area contributed by atoms with Crippen LogP contribution in [0.5, 0.6) is 0 Å². The summed E-state index contributed by atoms with van der Waals surface area (Å²) in [5, 5.41) is 8.62. The van der Waals surface area contributed by atoms with Gasteiger partial charge < -0.3 is 5.11 Å². The quantitative estimate of drug-likeness (QED) is 0.720. The molecule has 1 aromatic carbocycles. The lowest BCUT2D eigenvalue weighted by atomic mass is 10.2. The Bertz CT molecular complexity index is 312. The Labute approximate surface area is 73.4 Å². The highest BCUT2D eigenvalue weighted by atomic mass is 32.2. The van der Waals surface area contributed by atoms with Crippen molar-refractivity contribution in [2.24, 2.45) is 0 Å². The minimum atomic E-state index is -1.22. The number of carbonyl (C=O) groups is 1. The maximum absolute atomic E-state index is 12.9. The molecule has 4 heteroatoms. The first-order chi connectivity index (χ1) is 5.66. The van der Waals surface area contributed by atoms with Crippen LogP contribution in [-0.2, 0) is 0 Å². The molecule has 2 nitrogen and oxygen atoms in total. The summed E-state index contributed by atoms with van der Waals surface area (Å²) in [6.45, 7) is 0.